The highest BCUT2D eigenvalue weighted by atomic mass is 16.1. The molecule has 0 aromatic rings. The number of carbonyl (C=O) groups is 1. The Labute approximate surface area is 80.9 Å². The summed E-state index contributed by atoms with van der Waals surface area (Å²) in [6.45, 7) is 9.15. The van der Waals surface area contributed by atoms with E-state index >= 15 is 0 Å². The first-order valence-electron chi connectivity index (χ1n) is 5.38. The van der Waals surface area contributed by atoms with Crippen molar-refractivity contribution in [1.29, 1.82) is 0 Å². The number of ketones is 1. The maximum absolute atomic E-state index is 11.8. The SMILES string of the molecule is C[C@@H]1C[C@@]2(C)CC(C)(C)[C@@H]1CC2=O. The van der Waals surface area contributed by atoms with Gasteiger partial charge in [-0.25, -0.2) is 0 Å². The van der Waals surface area contributed by atoms with Gasteiger partial charge in [0.25, 0.3) is 0 Å². The third-order valence-corrected chi connectivity index (χ3v) is 4.39. The van der Waals surface area contributed by atoms with Gasteiger partial charge in [-0.05, 0) is 30.1 Å². The predicted molar refractivity (Wildman–Crippen MR) is 53.4 cm³/mol. The van der Waals surface area contributed by atoms with E-state index in [1.54, 1.807) is 0 Å². The van der Waals surface area contributed by atoms with Gasteiger partial charge in [0.1, 0.15) is 5.78 Å². The van der Waals surface area contributed by atoms with Gasteiger partial charge in [-0.1, -0.05) is 27.7 Å². The number of hydrogen-bond donors (Lipinski definition) is 0. The Morgan fingerprint density at radius 3 is 2.38 bits per heavy atom. The van der Waals surface area contributed by atoms with E-state index in [1.165, 1.54) is 0 Å². The van der Waals surface area contributed by atoms with Crippen LogP contribution in [-0.2, 0) is 4.79 Å². The molecule has 0 aromatic carbocycles. The van der Waals surface area contributed by atoms with Crippen LogP contribution in [0.15, 0.2) is 0 Å². The molecule has 0 N–H and O–H groups in total. The molecule has 74 valence electrons. The van der Waals surface area contributed by atoms with Gasteiger partial charge in [0.15, 0.2) is 0 Å². The number of rotatable bonds is 0. The van der Waals surface area contributed by atoms with Crippen molar-refractivity contribution in [3.05, 3.63) is 0 Å². The minimum Gasteiger partial charge on any atom is -0.299 e. The van der Waals surface area contributed by atoms with Crippen LogP contribution in [0.4, 0.5) is 0 Å². The summed E-state index contributed by atoms with van der Waals surface area (Å²) >= 11 is 0. The van der Waals surface area contributed by atoms with Gasteiger partial charge in [-0.15, -0.1) is 0 Å². The molecule has 13 heavy (non-hydrogen) atoms. The van der Waals surface area contributed by atoms with E-state index in [0.717, 1.165) is 25.2 Å². The van der Waals surface area contributed by atoms with E-state index in [1.807, 2.05) is 0 Å². The van der Waals surface area contributed by atoms with Crippen LogP contribution < -0.4 is 0 Å². The topological polar surface area (TPSA) is 17.1 Å². The predicted octanol–water partition coefficient (Wildman–Crippen LogP) is 3.04. The molecule has 0 radical (unpaired) electrons. The highest BCUT2D eigenvalue weighted by molar-refractivity contribution is 5.86. The molecule has 0 aromatic heterocycles. The molecule has 3 rings (SSSR count). The van der Waals surface area contributed by atoms with Gasteiger partial charge in [0, 0.05) is 11.8 Å². The second-order valence-corrected chi connectivity index (χ2v) is 6.14. The molecule has 3 aliphatic rings. The summed E-state index contributed by atoms with van der Waals surface area (Å²) < 4.78 is 0. The lowest BCUT2D eigenvalue weighted by Crippen LogP contribution is -2.52. The summed E-state index contributed by atoms with van der Waals surface area (Å²) in [6.07, 6.45) is 3.07. The van der Waals surface area contributed by atoms with E-state index in [4.69, 9.17) is 0 Å². The van der Waals surface area contributed by atoms with Crippen molar-refractivity contribution in [3.8, 4) is 0 Å². The van der Waals surface area contributed by atoms with Crippen molar-refractivity contribution in [3.63, 3.8) is 0 Å². The van der Waals surface area contributed by atoms with E-state index in [2.05, 4.69) is 27.7 Å². The first kappa shape index (κ1) is 9.23. The van der Waals surface area contributed by atoms with E-state index < -0.39 is 0 Å². The number of carbonyl (C=O) groups excluding carboxylic acids is 1. The Balaban J connectivity index is 2.37. The summed E-state index contributed by atoms with van der Waals surface area (Å²) in [5.74, 6) is 1.91. The Morgan fingerprint density at radius 2 is 1.92 bits per heavy atom. The first-order chi connectivity index (χ1) is 5.85. The molecule has 1 nitrogen and oxygen atoms in total. The first-order valence-corrected chi connectivity index (χ1v) is 5.38. The highest BCUT2D eigenvalue weighted by Crippen LogP contribution is 2.58. The lowest BCUT2D eigenvalue weighted by Gasteiger charge is -2.55. The molecule has 3 atom stereocenters. The summed E-state index contributed by atoms with van der Waals surface area (Å²) in [7, 11) is 0. The highest BCUT2D eigenvalue weighted by Gasteiger charge is 2.55. The molecule has 0 amide bonds. The summed E-state index contributed by atoms with van der Waals surface area (Å²) in [5, 5.41) is 0. The average molecular weight is 180 g/mol. The summed E-state index contributed by atoms with van der Waals surface area (Å²) in [6, 6.07) is 0. The van der Waals surface area contributed by atoms with E-state index in [9.17, 15) is 4.79 Å². The molecule has 0 heterocycles. The van der Waals surface area contributed by atoms with Gasteiger partial charge in [-0.3, -0.25) is 4.79 Å². The van der Waals surface area contributed by atoms with Crippen molar-refractivity contribution >= 4 is 5.78 Å². The Kier molecular flexibility index (Phi) is 1.68. The third kappa shape index (κ3) is 1.16. The van der Waals surface area contributed by atoms with Crippen LogP contribution in [0.25, 0.3) is 0 Å². The van der Waals surface area contributed by atoms with Crippen LogP contribution in [0.1, 0.15) is 47.0 Å². The molecule has 0 aliphatic heterocycles. The van der Waals surface area contributed by atoms with Crippen molar-refractivity contribution in [2.24, 2.45) is 22.7 Å². The minimum absolute atomic E-state index is 0.0116. The monoisotopic (exact) mass is 180 g/mol. The van der Waals surface area contributed by atoms with Gasteiger partial charge in [0.2, 0.25) is 0 Å². The van der Waals surface area contributed by atoms with Gasteiger partial charge >= 0.3 is 0 Å². The normalized spacial score (nSPS) is 48.2. The molecule has 0 unspecified atom stereocenters. The molecular formula is C12H20O. The molecule has 2 bridgehead atoms. The van der Waals surface area contributed by atoms with Gasteiger partial charge in [0.05, 0.1) is 0 Å². The molecule has 0 spiro atoms. The Bertz CT molecular complexity index is 254. The smallest absolute Gasteiger partial charge is 0.139 e. The van der Waals surface area contributed by atoms with Crippen LogP contribution in [-0.4, -0.2) is 5.78 Å². The van der Waals surface area contributed by atoms with Crippen molar-refractivity contribution in [1.82, 2.24) is 0 Å². The largest absolute Gasteiger partial charge is 0.299 e. The average Bonchev–Trinajstić information content (AvgIpc) is 1.92. The Hall–Kier alpha value is -0.330. The fourth-order valence-electron chi connectivity index (χ4n) is 3.97. The van der Waals surface area contributed by atoms with Crippen molar-refractivity contribution < 1.29 is 4.79 Å². The van der Waals surface area contributed by atoms with Gasteiger partial charge < -0.3 is 0 Å². The van der Waals surface area contributed by atoms with Crippen molar-refractivity contribution in [2.75, 3.05) is 0 Å². The summed E-state index contributed by atoms with van der Waals surface area (Å²) in [5.41, 5.74) is 0.401. The number of Topliss-reactive ketones (excluding diaryl/α,β-unsaturated/α-hetero) is 1. The minimum atomic E-state index is 0.0116. The Morgan fingerprint density at radius 1 is 1.31 bits per heavy atom. The molecule has 3 saturated carbocycles. The maximum Gasteiger partial charge on any atom is 0.139 e. The second-order valence-electron chi connectivity index (χ2n) is 6.14. The van der Waals surface area contributed by atoms with Crippen LogP contribution >= 0.6 is 0 Å². The fraction of sp³-hybridized carbons (Fsp3) is 0.917. The lowest BCUT2D eigenvalue weighted by atomic mass is 9.48. The quantitative estimate of drug-likeness (QED) is 0.560. The third-order valence-electron chi connectivity index (χ3n) is 4.39. The zero-order valence-corrected chi connectivity index (χ0v) is 9.18. The molecular weight excluding hydrogens is 160 g/mol. The fourth-order valence-corrected chi connectivity index (χ4v) is 3.97. The molecule has 0 saturated heterocycles. The second kappa shape index (κ2) is 2.37. The van der Waals surface area contributed by atoms with Crippen LogP contribution in [0.5, 0.6) is 0 Å². The van der Waals surface area contributed by atoms with Gasteiger partial charge in [-0.2, -0.15) is 0 Å². The van der Waals surface area contributed by atoms with Crippen LogP contribution in [0.2, 0.25) is 0 Å². The molecule has 1 heteroatoms. The van der Waals surface area contributed by atoms with Crippen molar-refractivity contribution in [2.45, 2.75) is 47.0 Å². The number of fused-ring (bicyclic) bond motifs is 3. The van der Waals surface area contributed by atoms with Crippen LogP contribution in [0, 0.1) is 22.7 Å². The van der Waals surface area contributed by atoms with E-state index in [-0.39, 0.29) is 5.41 Å². The maximum atomic E-state index is 11.8. The lowest BCUT2D eigenvalue weighted by molar-refractivity contribution is -0.151. The molecule has 3 aliphatic carbocycles. The summed E-state index contributed by atoms with van der Waals surface area (Å²) in [4.78, 5) is 11.8. The van der Waals surface area contributed by atoms with Crippen LogP contribution in [0.3, 0.4) is 0 Å². The zero-order valence-electron chi connectivity index (χ0n) is 9.18. The van der Waals surface area contributed by atoms with E-state index in [0.29, 0.717) is 17.1 Å². The number of hydrogen-bond acceptors (Lipinski definition) is 1. The zero-order chi connectivity index (χ0) is 9.85. The standard InChI is InChI=1S/C12H20O/c1-8-6-12(4)7-11(2,3)9(8)5-10(12)13/h8-9H,5-7H2,1-4H3/t8-,9-,12+/m1/s1. The molecule has 3 fully saturated rings.